The second-order valence-corrected chi connectivity index (χ2v) is 8.06. The number of benzene rings is 2. The number of imide groups is 1. The third-order valence-corrected chi connectivity index (χ3v) is 6.06. The quantitative estimate of drug-likeness (QED) is 0.486. The molecule has 1 aromatic heterocycles. The third-order valence-electron chi connectivity index (χ3n) is 5.65. The number of pyridine rings is 1. The minimum atomic E-state index is -0.335. The zero-order chi connectivity index (χ0) is 22.7. The van der Waals surface area contributed by atoms with Crippen molar-refractivity contribution in [2.45, 2.75) is 20.3 Å². The number of halogens is 1. The molecular formula is C26H24ClN3O2. The number of carbonyl (C=O) groups is 2. The van der Waals surface area contributed by atoms with Gasteiger partial charge in [0.05, 0.1) is 11.3 Å². The SMILES string of the molecule is CCN(CCc1ccncc1)C1=C(c2ccccc2)C(=O)N(c2ccc(C)c(Cl)c2)C1=O. The Morgan fingerprint density at radius 2 is 1.69 bits per heavy atom. The van der Waals surface area contributed by atoms with Crippen molar-refractivity contribution >= 4 is 34.7 Å². The van der Waals surface area contributed by atoms with Gasteiger partial charge in [-0.15, -0.1) is 0 Å². The van der Waals surface area contributed by atoms with E-state index < -0.39 is 0 Å². The van der Waals surface area contributed by atoms with Crippen molar-refractivity contribution in [3.63, 3.8) is 0 Å². The van der Waals surface area contributed by atoms with Gasteiger partial charge in [0.25, 0.3) is 11.8 Å². The smallest absolute Gasteiger partial charge is 0.282 e. The average molecular weight is 446 g/mol. The Hall–Kier alpha value is -3.44. The standard InChI is InChI=1S/C26H24ClN3O2/c1-3-29(16-13-19-11-14-28-15-12-19)24-23(20-7-5-4-6-8-20)25(31)30(26(24)32)21-10-9-18(2)22(27)17-21/h4-12,14-15,17H,3,13,16H2,1-2H3. The fraction of sp³-hybridized carbons (Fsp3) is 0.192. The highest BCUT2D eigenvalue weighted by Crippen LogP contribution is 2.36. The van der Waals surface area contributed by atoms with Crippen LogP contribution in [-0.2, 0) is 16.0 Å². The van der Waals surface area contributed by atoms with Gasteiger partial charge in [-0.05, 0) is 61.2 Å². The lowest BCUT2D eigenvalue weighted by Crippen LogP contribution is -2.36. The second kappa shape index (κ2) is 9.37. The van der Waals surface area contributed by atoms with Gasteiger partial charge in [0.2, 0.25) is 0 Å². The van der Waals surface area contributed by atoms with E-state index in [0.717, 1.165) is 23.1 Å². The van der Waals surface area contributed by atoms with E-state index in [0.29, 0.717) is 35.1 Å². The van der Waals surface area contributed by atoms with E-state index in [1.165, 1.54) is 4.90 Å². The summed E-state index contributed by atoms with van der Waals surface area (Å²) in [6, 6.07) is 18.5. The van der Waals surface area contributed by atoms with Crippen LogP contribution < -0.4 is 4.90 Å². The maximum absolute atomic E-state index is 13.7. The number of rotatable bonds is 7. The van der Waals surface area contributed by atoms with Crippen LogP contribution in [0.25, 0.3) is 5.57 Å². The van der Waals surface area contributed by atoms with Gasteiger partial charge in [-0.25, -0.2) is 4.90 Å². The molecule has 162 valence electrons. The minimum Gasteiger partial charge on any atom is -0.366 e. The zero-order valence-electron chi connectivity index (χ0n) is 18.1. The average Bonchev–Trinajstić information content (AvgIpc) is 3.07. The number of hydrogen-bond acceptors (Lipinski definition) is 4. The summed E-state index contributed by atoms with van der Waals surface area (Å²) in [5.41, 5.74) is 4.06. The van der Waals surface area contributed by atoms with Gasteiger partial charge in [0.1, 0.15) is 5.70 Å². The van der Waals surface area contributed by atoms with E-state index in [4.69, 9.17) is 11.6 Å². The second-order valence-electron chi connectivity index (χ2n) is 7.65. The molecule has 1 aliphatic rings. The summed E-state index contributed by atoms with van der Waals surface area (Å²) in [5.74, 6) is -0.663. The molecule has 3 aromatic rings. The molecule has 2 amide bonds. The summed E-state index contributed by atoms with van der Waals surface area (Å²) >= 11 is 6.31. The van der Waals surface area contributed by atoms with E-state index in [-0.39, 0.29) is 11.8 Å². The molecule has 2 heterocycles. The molecule has 2 aromatic carbocycles. The fourth-order valence-electron chi connectivity index (χ4n) is 3.87. The lowest BCUT2D eigenvalue weighted by molar-refractivity contribution is -0.120. The Bertz CT molecular complexity index is 1180. The molecule has 0 saturated heterocycles. The number of aromatic nitrogens is 1. The number of amides is 2. The normalized spacial score (nSPS) is 13.8. The van der Waals surface area contributed by atoms with Crippen molar-refractivity contribution in [3.8, 4) is 0 Å². The van der Waals surface area contributed by atoms with E-state index in [1.54, 1.807) is 24.5 Å². The first-order chi connectivity index (χ1) is 15.5. The highest BCUT2D eigenvalue weighted by molar-refractivity contribution is 6.45. The van der Waals surface area contributed by atoms with Gasteiger partial charge in [-0.3, -0.25) is 14.6 Å². The number of nitrogens with zero attached hydrogens (tertiary/aromatic N) is 3. The molecular weight excluding hydrogens is 422 g/mol. The summed E-state index contributed by atoms with van der Waals surface area (Å²) in [6.07, 6.45) is 4.25. The number of aryl methyl sites for hydroxylation is 1. The Labute approximate surface area is 193 Å². The molecule has 0 spiro atoms. The largest absolute Gasteiger partial charge is 0.366 e. The first kappa shape index (κ1) is 21.8. The van der Waals surface area contributed by atoms with Crippen molar-refractivity contribution in [2.75, 3.05) is 18.0 Å². The molecule has 0 unspecified atom stereocenters. The van der Waals surface area contributed by atoms with Crippen LogP contribution in [0.1, 0.15) is 23.6 Å². The summed E-state index contributed by atoms with van der Waals surface area (Å²) in [4.78, 5) is 34.5. The highest BCUT2D eigenvalue weighted by atomic mass is 35.5. The van der Waals surface area contributed by atoms with Crippen LogP contribution in [-0.4, -0.2) is 34.8 Å². The lowest BCUT2D eigenvalue weighted by Gasteiger charge is -2.25. The topological polar surface area (TPSA) is 53.5 Å². The predicted octanol–water partition coefficient (Wildman–Crippen LogP) is 4.89. The van der Waals surface area contributed by atoms with Crippen LogP contribution in [0.5, 0.6) is 0 Å². The van der Waals surface area contributed by atoms with Crippen LogP contribution in [0.15, 0.2) is 78.8 Å². The third kappa shape index (κ3) is 4.16. The summed E-state index contributed by atoms with van der Waals surface area (Å²) < 4.78 is 0. The molecule has 5 nitrogen and oxygen atoms in total. The first-order valence-electron chi connectivity index (χ1n) is 10.6. The Balaban J connectivity index is 1.75. The van der Waals surface area contributed by atoms with Crippen molar-refractivity contribution in [3.05, 3.63) is 100 Å². The molecule has 32 heavy (non-hydrogen) atoms. The van der Waals surface area contributed by atoms with Crippen LogP contribution in [0.2, 0.25) is 5.02 Å². The maximum atomic E-state index is 13.7. The van der Waals surface area contributed by atoms with Gasteiger partial charge < -0.3 is 4.90 Å². The molecule has 0 bridgehead atoms. The maximum Gasteiger partial charge on any atom is 0.282 e. The van der Waals surface area contributed by atoms with Crippen molar-refractivity contribution < 1.29 is 9.59 Å². The number of likely N-dealkylation sites (N-methyl/N-ethyl adjacent to an activating group) is 1. The van der Waals surface area contributed by atoms with E-state index in [1.807, 2.05) is 67.3 Å². The van der Waals surface area contributed by atoms with Gasteiger partial charge in [0.15, 0.2) is 0 Å². The van der Waals surface area contributed by atoms with Gasteiger partial charge >= 0.3 is 0 Å². The molecule has 0 atom stereocenters. The summed E-state index contributed by atoms with van der Waals surface area (Å²) in [5, 5.41) is 0.517. The Kier molecular flexibility index (Phi) is 6.37. The molecule has 0 radical (unpaired) electrons. The number of carbonyl (C=O) groups excluding carboxylic acids is 2. The monoisotopic (exact) mass is 445 g/mol. The molecule has 0 N–H and O–H groups in total. The van der Waals surface area contributed by atoms with Gasteiger partial charge in [0, 0.05) is 30.5 Å². The lowest BCUT2D eigenvalue weighted by atomic mass is 10.0. The molecule has 0 fully saturated rings. The van der Waals surface area contributed by atoms with Crippen molar-refractivity contribution in [2.24, 2.45) is 0 Å². The Morgan fingerprint density at radius 1 is 0.969 bits per heavy atom. The highest BCUT2D eigenvalue weighted by Gasteiger charge is 2.42. The van der Waals surface area contributed by atoms with E-state index in [2.05, 4.69) is 4.98 Å². The van der Waals surface area contributed by atoms with Crippen LogP contribution in [0.4, 0.5) is 5.69 Å². The van der Waals surface area contributed by atoms with Crippen molar-refractivity contribution in [1.29, 1.82) is 0 Å². The molecule has 4 rings (SSSR count). The minimum absolute atomic E-state index is 0.328. The fourth-order valence-corrected chi connectivity index (χ4v) is 4.05. The molecule has 0 aliphatic carbocycles. The van der Waals surface area contributed by atoms with Crippen molar-refractivity contribution in [1.82, 2.24) is 9.88 Å². The molecule has 0 saturated carbocycles. The number of hydrogen-bond donors (Lipinski definition) is 0. The van der Waals surface area contributed by atoms with Crippen LogP contribution in [0, 0.1) is 6.92 Å². The van der Waals surface area contributed by atoms with E-state index >= 15 is 0 Å². The Morgan fingerprint density at radius 3 is 2.34 bits per heavy atom. The zero-order valence-corrected chi connectivity index (χ0v) is 18.8. The van der Waals surface area contributed by atoms with E-state index in [9.17, 15) is 9.59 Å². The molecule has 1 aliphatic heterocycles. The van der Waals surface area contributed by atoms with Crippen LogP contribution >= 0.6 is 11.6 Å². The summed E-state index contributed by atoms with van der Waals surface area (Å²) in [6.45, 7) is 5.08. The summed E-state index contributed by atoms with van der Waals surface area (Å²) in [7, 11) is 0. The van der Waals surface area contributed by atoms with Gasteiger partial charge in [-0.2, -0.15) is 0 Å². The van der Waals surface area contributed by atoms with Crippen LogP contribution in [0.3, 0.4) is 0 Å². The van der Waals surface area contributed by atoms with Gasteiger partial charge in [-0.1, -0.05) is 48.0 Å². The first-order valence-corrected chi connectivity index (χ1v) is 11.0. The molecule has 6 heteroatoms. The number of anilines is 1. The predicted molar refractivity (Wildman–Crippen MR) is 127 cm³/mol.